The zero-order valence-corrected chi connectivity index (χ0v) is 17.6. The van der Waals surface area contributed by atoms with E-state index in [0.29, 0.717) is 34.2 Å². The van der Waals surface area contributed by atoms with Gasteiger partial charge in [0, 0.05) is 28.2 Å². The summed E-state index contributed by atoms with van der Waals surface area (Å²) in [5.41, 5.74) is 2.57. The lowest BCUT2D eigenvalue weighted by Crippen LogP contribution is -2.23. The molecule has 0 saturated heterocycles. The maximum absolute atomic E-state index is 10.3. The first-order valence-electron chi connectivity index (χ1n) is 9.56. The summed E-state index contributed by atoms with van der Waals surface area (Å²) in [6, 6.07) is 21.8. The normalized spacial score (nSPS) is 12.0. The lowest BCUT2D eigenvalue weighted by Gasteiger charge is -2.19. The molecule has 0 aliphatic rings. The molecule has 0 saturated carbocycles. The Morgan fingerprint density at radius 1 is 0.567 bits per heavy atom. The van der Waals surface area contributed by atoms with E-state index >= 15 is 0 Å². The molecule has 0 amide bonds. The van der Waals surface area contributed by atoms with Crippen LogP contribution in [-0.4, -0.2) is 59.9 Å². The van der Waals surface area contributed by atoms with Gasteiger partial charge in [-0.1, -0.05) is 36.4 Å². The average Bonchev–Trinajstić information content (AvgIpc) is 2.72. The third kappa shape index (κ3) is 4.60. The molecule has 0 unspecified atom stereocenters. The highest BCUT2D eigenvalue weighted by Gasteiger charge is 2.14. The van der Waals surface area contributed by atoms with Gasteiger partial charge in [-0.05, 0) is 36.4 Å². The van der Waals surface area contributed by atoms with Gasteiger partial charge in [-0.2, -0.15) is 0 Å². The molecule has 6 nitrogen and oxygen atoms in total. The van der Waals surface area contributed by atoms with Crippen LogP contribution in [0.25, 0.3) is 0 Å². The van der Waals surface area contributed by atoms with Crippen LogP contribution in [-0.2, 0) is 0 Å². The second-order valence-corrected chi connectivity index (χ2v) is 7.18. The first-order valence-corrected chi connectivity index (χ1v) is 9.56. The predicted molar refractivity (Wildman–Crippen MR) is 122 cm³/mol. The van der Waals surface area contributed by atoms with Crippen molar-refractivity contribution in [3.63, 3.8) is 0 Å². The number of aliphatic imine (C=N–C) groups is 2. The minimum atomic E-state index is 0.161. The number of amidine groups is 2. The summed E-state index contributed by atoms with van der Waals surface area (Å²) in [5.74, 6) is 1.55. The predicted octanol–water partition coefficient (Wildman–Crippen LogP) is 4.38. The largest absolute Gasteiger partial charge is 0.507 e. The first-order chi connectivity index (χ1) is 14.4. The molecule has 2 N–H and O–H groups in total. The molecule has 3 aromatic carbocycles. The van der Waals surface area contributed by atoms with Gasteiger partial charge in [0.15, 0.2) is 0 Å². The molecule has 30 heavy (non-hydrogen) atoms. The number of benzene rings is 3. The molecule has 3 rings (SSSR count). The quantitative estimate of drug-likeness (QED) is 0.502. The van der Waals surface area contributed by atoms with Crippen LogP contribution < -0.4 is 0 Å². The van der Waals surface area contributed by atoms with Crippen LogP contribution >= 0.6 is 0 Å². The second-order valence-electron chi connectivity index (χ2n) is 7.18. The van der Waals surface area contributed by atoms with Crippen molar-refractivity contribution in [3.05, 3.63) is 83.9 Å². The Morgan fingerprint density at radius 2 is 0.900 bits per heavy atom. The van der Waals surface area contributed by atoms with Crippen molar-refractivity contribution in [2.75, 3.05) is 28.2 Å². The van der Waals surface area contributed by atoms with Crippen LogP contribution in [0.1, 0.15) is 11.1 Å². The van der Waals surface area contributed by atoms with E-state index in [-0.39, 0.29) is 11.5 Å². The zero-order valence-electron chi connectivity index (χ0n) is 17.6. The van der Waals surface area contributed by atoms with E-state index in [0.717, 1.165) is 0 Å². The van der Waals surface area contributed by atoms with Crippen LogP contribution in [0.4, 0.5) is 11.4 Å². The Hall–Kier alpha value is -3.80. The molecule has 0 radical (unpaired) electrons. The number of aromatic hydroxyl groups is 2. The molecule has 0 aromatic heterocycles. The summed E-state index contributed by atoms with van der Waals surface area (Å²) < 4.78 is 0. The van der Waals surface area contributed by atoms with Gasteiger partial charge in [-0.15, -0.1) is 0 Å². The van der Waals surface area contributed by atoms with Gasteiger partial charge < -0.3 is 20.0 Å². The third-order valence-electron chi connectivity index (χ3n) is 4.47. The SMILES string of the molecule is CN(C)C(=Nc1ccccc1N=C(c1ccccc1O)N(C)C)c1ccccc1O. The highest BCUT2D eigenvalue weighted by Crippen LogP contribution is 2.31. The summed E-state index contributed by atoms with van der Waals surface area (Å²) in [7, 11) is 7.52. The van der Waals surface area contributed by atoms with Crippen molar-refractivity contribution in [3.8, 4) is 11.5 Å². The summed E-state index contributed by atoms with van der Waals surface area (Å²) in [6.45, 7) is 0. The molecule has 0 spiro atoms. The summed E-state index contributed by atoms with van der Waals surface area (Å²) in [5, 5.41) is 20.6. The molecular weight excluding hydrogens is 376 g/mol. The van der Waals surface area contributed by atoms with Gasteiger partial charge in [0.1, 0.15) is 23.2 Å². The molecule has 154 valence electrons. The van der Waals surface area contributed by atoms with Gasteiger partial charge >= 0.3 is 0 Å². The summed E-state index contributed by atoms with van der Waals surface area (Å²) in [4.78, 5) is 13.3. The molecule has 0 aliphatic carbocycles. The monoisotopic (exact) mass is 402 g/mol. The maximum atomic E-state index is 10.3. The Balaban J connectivity index is 2.16. The molecule has 0 atom stereocenters. The third-order valence-corrected chi connectivity index (χ3v) is 4.47. The molecule has 0 aliphatic heterocycles. The number of hydrogen-bond donors (Lipinski definition) is 2. The van der Waals surface area contributed by atoms with Gasteiger partial charge in [-0.3, -0.25) is 0 Å². The topological polar surface area (TPSA) is 71.7 Å². The Kier molecular flexibility index (Phi) is 6.37. The minimum Gasteiger partial charge on any atom is -0.507 e. The van der Waals surface area contributed by atoms with Crippen LogP contribution in [0.5, 0.6) is 11.5 Å². The fraction of sp³-hybridized carbons (Fsp3) is 0.167. The van der Waals surface area contributed by atoms with E-state index in [4.69, 9.17) is 9.98 Å². The van der Waals surface area contributed by atoms with E-state index in [2.05, 4.69) is 0 Å². The molecule has 0 heterocycles. The highest BCUT2D eigenvalue weighted by molar-refractivity contribution is 6.04. The van der Waals surface area contributed by atoms with Crippen molar-refractivity contribution >= 4 is 23.0 Å². The fourth-order valence-electron chi connectivity index (χ4n) is 3.01. The number of phenols is 2. The number of phenolic OH excluding ortho intramolecular Hbond substituents is 2. The Bertz CT molecular complexity index is 1000. The molecule has 3 aromatic rings. The van der Waals surface area contributed by atoms with E-state index in [1.165, 1.54) is 0 Å². The van der Waals surface area contributed by atoms with E-state index < -0.39 is 0 Å². The first kappa shape index (κ1) is 20.9. The van der Waals surface area contributed by atoms with Crippen LogP contribution in [0, 0.1) is 0 Å². The fourth-order valence-corrected chi connectivity index (χ4v) is 3.01. The smallest absolute Gasteiger partial charge is 0.139 e. The second kappa shape index (κ2) is 9.13. The molecule has 6 heteroatoms. The molecule has 0 bridgehead atoms. The van der Waals surface area contributed by atoms with Crippen LogP contribution in [0.15, 0.2) is 82.8 Å². The van der Waals surface area contributed by atoms with Gasteiger partial charge in [0.2, 0.25) is 0 Å². The standard InChI is InChI=1S/C24H26N4O2/c1-27(2)23(17-11-5-9-15-21(17)29)25-19-13-7-8-14-20(19)26-24(28(3)4)18-12-6-10-16-22(18)30/h5-16,29-30H,1-4H3. The van der Waals surface area contributed by atoms with Crippen molar-refractivity contribution in [2.45, 2.75) is 0 Å². The van der Waals surface area contributed by atoms with Crippen molar-refractivity contribution in [1.29, 1.82) is 0 Å². The van der Waals surface area contributed by atoms with Crippen molar-refractivity contribution in [1.82, 2.24) is 9.80 Å². The lowest BCUT2D eigenvalue weighted by atomic mass is 10.1. The minimum absolute atomic E-state index is 0.161. The van der Waals surface area contributed by atoms with E-state index in [9.17, 15) is 10.2 Å². The number of rotatable bonds is 4. The van der Waals surface area contributed by atoms with Gasteiger partial charge in [-0.25, -0.2) is 9.98 Å². The van der Waals surface area contributed by atoms with Crippen molar-refractivity contribution in [2.24, 2.45) is 9.98 Å². The van der Waals surface area contributed by atoms with Crippen molar-refractivity contribution < 1.29 is 10.2 Å². The van der Waals surface area contributed by atoms with E-state index in [1.54, 1.807) is 24.3 Å². The zero-order chi connectivity index (χ0) is 21.7. The number of hydrogen-bond acceptors (Lipinski definition) is 4. The van der Waals surface area contributed by atoms with Gasteiger partial charge in [0.05, 0.1) is 22.5 Å². The summed E-state index contributed by atoms with van der Waals surface area (Å²) >= 11 is 0. The number of para-hydroxylation sites is 4. The Labute approximate surface area is 177 Å². The maximum Gasteiger partial charge on any atom is 0.139 e. The molecular formula is C24H26N4O2. The molecule has 0 fully saturated rings. The number of nitrogens with zero attached hydrogens (tertiary/aromatic N) is 4. The van der Waals surface area contributed by atoms with E-state index in [1.807, 2.05) is 86.5 Å². The van der Waals surface area contributed by atoms with Crippen LogP contribution in [0.3, 0.4) is 0 Å². The highest BCUT2D eigenvalue weighted by atomic mass is 16.3. The van der Waals surface area contributed by atoms with Gasteiger partial charge in [0.25, 0.3) is 0 Å². The lowest BCUT2D eigenvalue weighted by molar-refractivity contribution is 0.471. The summed E-state index contributed by atoms with van der Waals surface area (Å²) in [6.07, 6.45) is 0. The average molecular weight is 402 g/mol. The Morgan fingerprint density at radius 3 is 1.23 bits per heavy atom. The van der Waals surface area contributed by atoms with Crippen LogP contribution in [0.2, 0.25) is 0 Å².